The van der Waals surface area contributed by atoms with Crippen molar-refractivity contribution in [2.75, 3.05) is 11.9 Å². The van der Waals surface area contributed by atoms with E-state index >= 15 is 0 Å². The number of hydrogen-bond acceptors (Lipinski definition) is 8. The lowest BCUT2D eigenvalue weighted by Gasteiger charge is -2.40. The molecule has 28 heavy (non-hydrogen) atoms. The number of nitrogens with one attached hydrogen (secondary N) is 2. The molecular formula is C19H20N2O7. The zero-order valence-electron chi connectivity index (χ0n) is 14.6. The summed E-state index contributed by atoms with van der Waals surface area (Å²) in [6.07, 6.45) is -3.56. The van der Waals surface area contributed by atoms with Crippen LogP contribution in [0.2, 0.25) is 0 Å². The molecule has 2 aromatic heterocycles. The molecular weight excluding hydrogens is 368 g/mol. The summed E-state index contributed by atoms with van der Waals surface area (Å²) in [5.74, 6) is 0. The molecule has 148 valence electrons. The Balaban J connectivity index is 1.62. The molecule has 5 atom stereocenters. The first-order valence-electron chi connectivity index (χ1n) is 8.76. The van der Waals surface area contributed by atoms with Gasteiger partial charge in [0.05, 0.1) is 17.9 Å². The van der Waals surface area contributed by atoms with Crippen LogP contribution in [0, 0.1) is 0 Å². The summed E-state index contributed by atoms with van der Waals surface area (Å²) in [4.78, 5) is 15.2. The zero-order valence-corrected chi connectivity index (χ0v) is 14.6. The van der Waals surface area contributed by atoms with Gasteiger partial charge in [0.15, 0.2) is 6.29 Å². The van der Waals surface area contributed by atoms with Crippen LogP contribution in [0.4, 0.5) is 5.69 Å². The van der Waals surface area contributed by atoms with Crippen molar-refractivity contribution in [3.05, 3.63) is 53.0 Å². The molecule has 0 radical (unpaired) electrons. The largest absolute Gasteiger partial charge is 0.422 e. The topological polar surface area (TPSA) is 148 Å². The van der Waals surface area contributed by atoms with Crippen LogP contribution in [-0.2, 0) is 4.74 Å². The van der Waals surface area contributed by atoms with Gasteiger partial charge in [-0.2, -0.15) is 0 Å². The number of benzene rings is 1. The monoisotopic (exact) mass is 388 g/mol. The Morgan fingerprint density at radius 3 is 2.64 bits per heavy atom. The highest BCUT2D eigenvalue weighted by Crippen LogP contribution is 2.26. The smallest absolute Gasteiger partial charge is 0.345 e. The van der Waals surface area contributed by atoms with Gasteiger partial charge in [-0.05, 0) is 30.3 Å². The van der Waals surface area contributed by atoms with E-state index in [2.05, 4.69) is 10.3 Å². The molecule has 0 aliphatic carbocycles. The lowest BCUT2D eigenvalue weighted by atomic mass is 9.97. The van der Waals surface area contributed by atoms with Crippen molar-refractivity contribution in [1.82, 2.24) is 4.98 Å². The summed E-state index contributed by atoms with van der Waals surface area (Å²) in [7, 11) is 0. The third-order valence-corrected chi connectivity index (χ3v) is 4.86. The van der Waals surface area contributed by atoms with Gasteiger partial charge >= 0.3 is 5.63 Å². The van der Waals surface area contributed by atoms with E-state index in [0.29, 0.717) is 27.9 Å². The van der Waals surface area contributed by atoms with Gasteiger partial charge in [-0.1, -0.05) is 0 Å². The van der Waals surface area contributed by atoms with E-state index in [1.54, 1.807) is 42.6 Å². The van der Waals surface area contributed by atoms with Gasteiger partial charge in [0.2, 0.25) is 0 Å². The molecule has 1 fully saturated rings. The molecule has 0 spiro atoms. The second-order valence-electron chi connectivity index (χ2n) is 6.68. The Morgan fingerprint density at radius 1 is 1.11 bits per heavy atom. The van der Waals surface area contributed by atoms with Crippen molar-refractivity contribution in [2.24, 2.45) is 0 Å². The molecule has 9 nitrogen and oxygen atoms in total. The standard InChI is InChI=1S/C19H20N2O7/c22-8-14-16(23)17(24)15(19(26)28-14)21-10-4-3-9-6-11(12-2-1-5-20-12)18(25)27-13(9)7-10/h1-7,14-17,19-24,26H,8H2/t14?,15?,16-,17-,19-/m1/s1. The minimum Gasteiger partial charge on any atom is -0.422 e. The Bertz CT molecular complexity index is 1020. The number of aromatic nitrogens is 1. The summed E-state index contributed by atoms with van der Waals surface area (Å²) in [5, 5.41) is 43.0. The van der Waals surface area contributed by atoms with Crippen LogP contribution in [0.1, 0.15) is 0 Å². The molecule has 0 saturated carbocycles. The summed E-state index contributed by atoms with van der Waals surface area (Å²) in [6.45, 7) is -0.535. The maximum absolute atomic E-state index is 12.3. The Labute approximate surface area is 158 Å². The molecule has 9 heteroatoms. The second-order valence-corrected chi connectivity index (χ2v) is 6.68. The van der Waals surface area contributed by atoms with E-state index in [-0.39, 0.29) is 0 Å². The summed E-state index contributed by atoms with van der Waals surface area (Å²) in [5.41, 5.74) is 1.32. The predicted octanol–water partition coefficient (Wildman–Crippen LogP) is -0.000100. The number of anilines is 1. The molecule has 3 heterocycles. The lowest BCUT2D eigenvalue weighted by molar-refractivity contribution is -0.245. The van der Waals surface area contributed by atoms with Crippen molar-refractivity contribution in [3.63, 3.8) is 0 Å². The second kappa shape index (κ2) is 7.38. The first-order chi connectivity index (χ1) is 13.5. The first kappa shape index (κ1) is 18.7. The van der Waals surface area contributed by atoms with Gasteiger partial charge in [-0.3, -0.25) is 0 Å². The summed E-state index contributed by atoms with van der Waals surface area (Å²) >= 11 is 0. The van der Waals surface area contributed by atoms with Crippen LogP contribution in [0.25, 0.3) is 22.2 Å². The Kier molecular flexibility index (Phi) is 4.92. The van der Waals surface area contributed by atoms with E-state index in [1.807, 2.05) is 0 Å². The number of rotatable bonds is 4. The summed E-state index contributed by atoms with van der Waals surface area (Å²) in [6, 6.07) is 9.18. The van der Waals surface area contributed by atoms with Crippen LogP contribution in [0.5, 0.6) is 0 Å². The fourth-order valence-corrected chi connectivity index (χ4v) is 3.33. The Morgan fingerprint density at radius 2 is 1.93 bits per heavy atom. The zero-order chi connectivity index (χ0) is 19.8. The van der Waals surface area contributed by atoms with Gasteiger partial charge in [-0.15, -0.1) is 0 Å². The minimum atomic E-state index is -1.45. The van der Waals surface area contributed by atoms with Crippen LogP contribution in [-0.4, -0.2) is 62.7 Å². The number of H-pyrrole nitrogens is 1. The average Bonchev–Trinajstić information content (AvgIpc) is 3.22. The van der Waals surface area contributed by atoms with Gasteiger partial charge in [0.25, 0.3) is 0 Å². The van der Waals surface area contributed by atoms with Crippen LogP contribution in [0.15, 0.2) is 51.8 Å². The van der Waals surface area contributed by atoms with E-state index in [0.717, 1.165) is 0 Å². The van der Waals surface area contributed by atoms with E-state index in [1.165, 1.54) is 0 Å². The van der Waals surface area contributed by atoms with Gasteiger partial charge in [0.1, 0.15) is 29.9 Å². The van der Waals surface area contributed by atoms with Gasteiger partial charge in [0, 0.05) is 23.3 Å². The minimum absolute atomic E-state index is 0.319. The molecule has 0 bridgehead atoms. The number of hydrogen-bond donors (Lipinski definition) is 6. The van der Waals surface area contributed by atoms with Crippen molar-refractivity contribution < 1.29 is 29.6 Å². The third kappa shape index (κ3) is 3.30. The number of fused-ring (bicyclic) bond motifs is 1. The van der Waals surface area contributed by atoms with E-state index in [9.17, 15) is 20.1 Å². The highest BCUT2D eigenvalue weighted by molar-refractivity contribution is 5.83. The maximum Gasteiger partial charge on any atom is 0.345 e. The normalized spacial score (nSPS) is 27.8. The molecule has 4 rings (SSSR count). The molecule has 1 saturated heterocycles. The third-order valence-electron chi connectivity index (χ3n) is 4.86. The fraction of sp³-hybridized carbons (Fsp3) is 0.316. The summed E-state index contributed by atoms with van der Waals surface area (Å²) < 4.78 is 10.5. The molecule has 1 aliphatic heterocycles. The highest BCUT2D eigenvalue weighted by atomic mass is 16.6. The van der Waals surface area contributed by atoms with E-state index < -0.39 is 42.9 Å². The average molecular weight is 388 g/mol. The number of ether oxygens (including phenoxy) is 1. The van der Waals surface area contributed by atoms with Crippen molar-refractivity contribution in [2.45, 2.75) is 30.6 Å². The molecule has 0 amide bonds. The molecule has 3 aromatic rings. The quantitative estimate of drug-likeness (QED) is 0.342. The molecule has 2 unspecified atom stereocenters. The van der Waals surface area contributed by atoms with Crippen molar-refractivity contribution in [1.29, 1.82) is 0 Å². The maximum atomic E-state index is 12.3. The van der Waals surface area contributed by atoms with Crippen molar-refractivity contribution >= 4 is 16.7 Å². The van der Waals surface area contributed by atoms with Crippen LogP contribution in [0.3, 0.4) is 0 Å². The van der Waals surface area contributed by atoms with E-state index in [4.69, 9.17) is 14.3 Å². The first-order valence-corrected chi connectivity index (χ1v) is 8.76. The van der Waals surface area contributed by atoms with Gasteiger partial charge < -0.3 is 39.9 Å². The number of aliphatic hydroxyl groups is 4. The predicted molar refractivity (Wildman–Crippen MR) is 99.7 cm³/mol. The molecule has 6 N–H and O–H groups in total. The fourth-order valence-electron chi connectivity index (χ4n) is 3.33. The number of aromatic amines is 1. The van der Waals surface area contributed by atoms with Gasteiger partial charge in [-0.25, -0.2) is 4.79 Å². The number of aliphatic hydroxyl groups excluding tert-OH is 4. The highest BCUT2D eigenvalue weighted by Gasteiger charge is 2.43. The van der Waals surface area contributed by atoms with Crippen molar-refractivity contribution in [3.8, 4) is 11.3 Å². The SMILES string of the molecule is O=c1oc2cc(NC3[C@H](O)OC(CO)[C@@H](O)[C@@H]3O)ccc2cc1-c1ccc[nH]1. The van der Waals surface area contributed by atoms with Crippen LogP contribution >= 0.6 is 0 Å². The molecule has 1 aliphatic rings. The lowest BCUT2D eigenvalue weighted by Crippen LogP contribution is -2.61. The van der Waals surface area contributed by atoms with Crippen LogP contribution < -0.4 is 10.9 Å². The Hall–Kier alpha value is -2.69. The molecule has 1 aromatic carbocycles.